The van der Waals surface area contributed by atoms with Crippen LogP contribution in [0, 0.1) is 0 Å². The molecule has 4 aromatic rings. The maximum atomic E-state index is 13.4. The van der Waals surface area contributed by atoms with Crippen LogP contribution in [0.4, 0.5) is 10.5 Å². The number of carbonyl (C=O) groups is 1. The van der Waals surface area contributed by atoms with E-state index in [4.69, 9.17) is 27.9 Å². The number of ether oxygens (including phenoxy) is 1. The predicted octanol–water partition coefficient (Wildman–Crippen LogP) is 6.66. The second kappa shape index (κ2) is 8.41. The van der Waals surface area contributed by atoms with Crippen molar-refractivity contribution in [2.75, 3.05) is 19.0 Å². The molecule has 0 saturated heterocycles. The number of benzene rings is 3. The number of methoxy groups -OCH3 is 1. The number of aromatic nitrogens is 1. The maximum absolute atomic E-state index is 13.4. The van der Waals surface area contributed by atoms with Crippen LogP contribution in [0.25, 0.3) is 10.9 Å². The average Bonchev–Trinajstić information content (AvgIpc) is 3.18. The normalized spacial score (nSPS) is 15.5. The molecule has 5 nitrogen and oxygen atoms in total. The molecule has 2 N–H and O–H groups in total. The first-order valence-electron chi connectivity index (χ1n) is 10.3. The lowest BCUT2D eigenvalue weighted by Crippen LogP contribution is -2.43. The van der Waals surface area contributed by atoms with Crippen LogP contribution in [0.15, 0.2) is 66.7 Å². The van der Waals surface area contributed by atoms with Gasteiger partial charge in [0.25, 0.3) is 0 Å². The van der Waals surface area contributed by atoms with Gasteiger partial charge < -0.3 is 19.9 Å². The van der Waals surface area contributed by atoms with E-state index in [2.05, 4.69) is 10.3 Å². The zero-order valence-electron chi connectivity index (χ0n) is 17.4. The third-order valence-electron chi connectivity index (χ3n) is 5.88. The van der Waals surface area contributed by atoms with Crippen molar-refractivity contribution in [3.05, 3.63) is 93.6 Å². The SMILES string of the molecule is COc1ccc(C2c3[nH]c4ccc(Cl)cc4c3CCN2C(=O)Nc2ccc(Cl)cc2)cc1. The number of rotatable bonds is 3. The molecular weight excluding hydrogens is 445 g/mol. The minimum Gasteiger partial charge on any atom is -0.497 e. The quantitative estimate of drug-likeness (QED) is 0.355. The molecule has 1 unspecified atom stereocenters. The van der Waals surface area contributed by atoms with Crippen LogP contribution in [0.2, 0.25) is 10.0 Å². The summed E-state index contributed by atoms with van der Waals surface area (Å²) in [6.45, 7) is 0.572. The van der Waals surface area contributed by atoms with Gasteiger partial charge in [0.15, 0.2) is 0 Å². The minimum absolute atomic E-state index is 0.171. The molecule has 2 amide bonds. The molecule has 2 heterocycles. The summed E-state index contributed by atoms with van der Waals surface area (Å²) in [6, 6.07) is 20.3. The van der Waals surface area contributed by atoms with Crippen molar-refractivity contribution in [2.24, 2.45) is 0 Å². The van der Waals surface area contributed by atoms with Crippen LogP contribution in [0.3, 0.4) is 0 Å². The number of nitrogens with zero attached hydrogens (tertiary/aromatic N) is 1. The molecule has 3 aromatic carbocycles. The van der Waals surface area contributed by atoms with Gasteiger partial charge in [-0.1, -0.05) is 35.3 Å². The molecule has 0 saturated carbocycles. The predicted molar refractivity (Wildman–Crippen MR) is 129 cm³/mol. The van der Waals surface area contributed by atoms with E-state index in [0.29, 0.717) is 22.3 Å². The number of hydrogen-bond donors (Lipinski definition) is 2. The highest BCUT2D eigenvalue weighted by Gasteiger charge is 2.34. The van der Waals surface area contributed by atoms with Gasteiger partial charge in [-0.2, -0.15) is 0 Å². The van der Waals surface area contributed by atoms with E-state index < -0.39 is 0 Å². The van der Waals surface area contributed by atoms with Crippen LogP contribution >= 0.6 is 23.2 Å². The Morgan fingerprint density at radius 2 is 1.75 bits per heavy atom. The third-order valence-corrected chi connectivity index (χ3v) is 6.36. The van der Waals surface area contributed by atoms with E-state index in [9.17, 15) is 4.79 Å². The molecule has 0 bridgehead atoms. The molecule has 0 radical (unpaired) electrons. The summed E-state index contributed by atoms with van der Waals surface area (Å²) >= 11 is 12.3. The van der Waals surface area contributed by atoms with E-state index in [-0.39, 0.29) is 12.1 Å². The number of carbonyl (C=O) groups excluding carboxylic acids is 1. The molecule has 162 valence electrons. The summed E-state index contributed by atoms with van der Waals surface area (Å²) in [4.78, 5) is 18.8. The van der Waals surface area contributed by atoms with Crippen molar-refractivity contribution >= 4 is 45.8 Å². The fraction of sp³-hybridized carbons (Fsp3) is 0.160. The molecule has 0 spiro atoms. The Bertz CT molecular complexity index is 1280. The van der Waals surface area contributed by atoms with Crippen molar-refractivity contribution in [2.45, 2.75) is 12.5 Å². The first kappa shape index (κ1) is 20.7. The molecule has 5 rings (SSSR count). The lowest BCUT2D eigenvalue weighted by atomic mass is 9.92. The number of aromatic amines is 1. The van der Waals surface area contributed by atoms with Crippen molar-refractivity contribution in [1.29, 1.82) is 0 Å². The van der Waals surface area contributed by atoms with Crippen LogP contribution in [0.1, 0.15) is 22.9 Å². The second-order valence-electron chi connectivity index (χ2n) is 7.76. The zero-order chi connectivity index (χ0) is 22.2. The third kappa shape index (κ3) is 3.78. The van der Waals surface area contributed by atoms with Crippen LogP contribution in [0.5, 0.6) is 5.75 Å². The molecule has 1 atom stereocenters. The summed E-state index contributed by atoms with van der Waals surface area (Å²) in [5.74, 6) is 0.769. The highest BCUT2D eigenvalue weighted by Crippen LogP contribution is 2.39. The topological polar surface area (TPSA) is 57.4 Å². The number of urea groups is 1. The number of nitrogens with one attached hydrogen (secondary N) is 2. The first-order chi connectivity index (χ1) is 15.5. The van der Waals surface area contributed by atoms with Gasteiger partial charge in [0, 0.05) is 38.9 Å². The van der Waals surface area contributed by atoms with Gasteiger partial charge in [0.1, 0.15) is 5.75 Å². The first-order valence-corrected chi connectivity index (χ1v) is 11.1. The summed E-state index contributed by atoms with van der Waals surface area (Å²) < 4.78 is 5.32. The van der Waals surface area contributed by atoms with Crippen molar-refractivity contribution in [3.63, 3.8) is 0 Å². The number of halogens is 2. The van der Waals surface area contributed by atoms with Gasteiger partial charge in [-0.3, -0.25) is 0 Å². The molecule has 32 heavy (non-hydrogen) atoms. The molecule has 1 aliphatic rings. The van der Waals surface area contributed by atoms with Gasteiger partial charge in [-0.25, -0.2) is 4.79 Å². The van der Waals surface area contributed by atoms with Gasteiger partial charge in [-0.05, 0) is 72.1 Å². The zero-order valence-corrected chi connectivity index (χ0v) is 18.9. The van der Waals surface area contributed by atoms with Gasteiger partial charge >= 0.3 is 6.03 Å². The Kier molecular flexibility index (Phi) is 5.45. The van der Waals surface area contributed by atoms with Crippen molar-refractivity contribution in [1.82, 2.24) is 9.88 Å². The van der Waals surface area contributed by atoms with E-state index >= 15 is 0 Å². The van der Waals surface area contributed by atoms with E-state index in [0.717, 1.165) is 34.3 Å². The summed E-state index contributed by atoms with van der Waals surface area (Å²) in [7, 11) is 1.64. The highest BCUT2D eigenvalue weighted by atomic mass is 35.5. The van der Waals surface area contributed by atoms with Crippen LogP contribution in [-0.2, 0) is 6.42 Å². The van der Waals surface area contributed by atoms with Gasteiger partial charge in [-0.15, -0.1) is 0 Å². The number of anilines is 1. The van der Waals surface area contributed by atoms with Gasteiger partial charge in [0.2, 0.25) is 0 Å². The fourth-order valence-electron chi connectivity index (χ4n) is 4.34. The van der Waals surface area contributed by atoms with E-state index in [1.165, 1.54) is 5.56 Å². The lowest BCUT2D eigenvalue weighted by molar-refractivity contribution is 0.193. The lowest BCUT2D eigenvalue weighted by Gasteiger charge is -2.36. The largest absolute Gasteiger partial charge is 0.497 e. The molecule has 1 aromatic heterocycles. The monoisotopic (exact) mass is 465 g/mol. The Labute approximate surface area is 195 Å². The molecule has 0 aliphatic carbocycles. The number of H-pyrrole nitrogens is 1. The number of hydrogen-bond acceptors (Lipinski definition) is 2. The van der Waals surface area contributed by atoms with Crippen molar-refractivity contribution < 1.29 is 9.53 Å². The second-order valence-corrected chi connectivity index (χ2v) is 8.64. The minimum atomic E-state index is -0.275. The smallest absolute Gasteiger partial charge is 0.322 e. The highest BCUT2D eigenvalue weighted by molar-refractivity contribution is 6.31. The van der Waals surface area contributed by atoms with Crippen molar-refractivity contribution in [3.8, 4) is 5.75 Å². The summed E-state index contributed by atoms with van der Waals surface area (Å²) in [5, 5.41) is 5.43. The Morgan fingerprint density at radius 1 is 1.03 bits per heavy atom. The average molecular weight is 466 g/mol. The Balaban J connectivity index is 1.57. The number of fused-ring (bicyclic) bond motifs is 3. The van der Waals surface area contributed by atoms with E-state index in [1.807, 2.05) is 47.4 Å². The standard InChI is InChI=1S/C25H21Cl2N3O2/c1-32-19-9-2-15(3-10-19)24-23-20(21-14-17(27)6-11-22(21)29-23)12-13-30(24)25(31)28-18-7-4-16(26)5-8-18/h2-11,14,24,29H,12-13H2,1H3,(H,28,31). The Morgan fingerprint density at radius 3 is 2.47 bits per heavy atom. The molecule has 0 fully saturated rings. The summed E-state index contributed by atoms with van der Waals surface area (Å²) in [5.41, 5.74) is 4.90. The molecule has 7 heteroatoms. The maximum Gasteiger partial charge on any atom is 0.322 e. The van der Waals surface area contributed by atoms with Crippen LogP contribution in [-0.4, -0.2) is 29.6 Å². The van der Waals surface area contributed by atoms with E-state index in [1.54, 1.807) is 31.4 Å². The Hall–Kier alpha value is -3.15. The molecular formula is C25H21Cl2N3O2. The summed E-state index contributed by atoms with van der Waals surface area (Å²) in [6.07, 6.45) is 0.733. The van der Waals surface area contributed by atoms with Gasteiger partial charge in [0.05, 0.1) is 13.2 Å². The number of amides is 2. The molecule has 1 aliphatic heterocycles. The van der Waals surface area contributed by atoms with Crippen LogP contribution < -0.4 is 10.1 Å². The fourth-order valence-corrected chi connectivity index (χ4v) is 4.64.